The predicted octanol–water partition coefficient (Wildman–Crippen LogP) is 1.53. The van der Waals surface area contributed by atoms with Crippen LogP contribution in [0.15, 0.2) is 30.3 Å². The minimum absolute atomic E-state index is 0.0595. The summed E-state index contributed by atoms with van der Waals surface area (Å²) in [6.45, 7) is 3.94. The third kappa shape index (κ3) is 4.27. The fourth-order valence-electron chi connectivity index (χ4n) is 4.92. The van der Waals surface area contributed by atoms with Crippen LogP contribution in [-0.2, 0) is 34.0 Å². The van der Waals surface area contributed by atoms with Crippen LogP contribution in [0.3, 0.4) is 0 Å². The summed E-state index contributed by atoms with van der Waals surface area (Å²) in [5.74, 6) is 0.143. The topological polar surface area (TPSA) is 98.6 Å². The maximum absolute atomic E-state index is 13.0. The van der Waals surface area contributed by atoms with Gasteiger partial charge in [0.15, 0.2) is 0 Å². The molecule has 2 amide bonds. The number of hydrogen-bond acceptors (Lipinski definition) is 6. The molecule has 2 saturated heterocycles. The number of fused-ring (bicyclic) bond motifs is 1. The van der Waals surface area contributed by atoms with Crippen LogP contribution < -0.4 is 5.32 Å². The number of amides is 2. The lowest BCUT2D eigenvalue weighted by atomic mass is 9.89. The predicted molar refractivity (Wildman–Crippen MR) is 115 cm³/mol. The molecule has 3 aliphatic rings. The van der Waals surface area contributed by atoms with E-state index < -0.39 is 5.60 Å². The Hall–Kier alpha value is -2.78. The van der Waals surface area contributed by atoms with Gasteiger partial charge in [-0.3, -0.25) is 9.59 Å². The Morgan fingerprint density at radius 3 is 2.78 bits per heavy atom. The van der Waals surface area contributed by atoms with E-state index in [1.54, 1.807) is 12.1 Å². The highest BCUT2D eigenvalue weighted by molar-refractivity contribution is 5.94. The van der Waals surface area contributed by atoms with Crippen LogP contribution in [0.5, 0.6) is 0 Å². The van der Waals surface area contributed by atoms with Crippen LogP contribution in [0.2, 0.25) is 0 Å². The van der Waals surface area contributed by atoms with Gasteiger partial charge < -0.3 is 19.7 Å². The summed E-state index contributed by atoms with van der Waals surface area (Å²) in [7, 11) is 0. The lowest BCUT2D eigenvalue weighted by Crippen LogP contribution is -2.56. The Morgan fingerprint density at radius 1 is 1.16 bits per heavy atom. The molecule has 5 rings (SSSR count). The number of aromatic nitrogens is 3. The largest absolute Gasteiger partial charge is 0.381 e. The zero-order valence-corrected chi connectivity index (χ0v) is 18.2. The summed E-state index contributed by atoms with van der Waals surface area (Å²) < 4.78 is 13.7. The maximum atomic E-state index is 13.0. The Bertz CT molecular complexity index is 972. The first-order chi connectivity index (χ1) is 15.6. The molecule has 32 heavy (non-hydrogen) atoms. The Labute approximate surface area is 187 Å². The van der Waals surface area contributed by atoms with E-state index in [4.69, 9.17) is 9.47 Å². The first kappa shape index (κ1) is 21.1. The number of benzene rings is 1. The van der Waals surface area contributed by atoms with Gasteiger partial charge in [0, 0.05) is 31.2 Å². The number of piperidine rings is 1. The molecule has 1 N–H and O–H groups in total. The van der Waals surface area contributed by atoms with Crippen molar-refractivity contribution >= 4 is 11.8 Å². The van der Waals surface area contributed by atoms with Crippen LogP contribution in [-0.4, -0.2) is 63.6 Å². The second kappa shape index (κ2) is 8.99. The standard InChI is InChI=1S/C23H29N5O4/c29-21(17-5-2-1-3-6-17)24-13-19-20-14-32-23(16-28(20)26-25-19)9-4-10-27(15-23)22(30)18-7-11-31-12-8-18/h1-3,5-6,18H,4,7-16H2,(H,24,29). The zero-order chi connectivity index (χ0) is 22.0. The van der Waals surface area contributed by atoms with E-state index in [2.05, 4.69) is 15.6 Å². The highest BCUT2D eigenvalue weighted by atomic mass is 16.5. The molecule has 9 heteroatoms. The second-order valence-corrected chi connectivity index (χ2v) is 8.91. The average molecular weight is 440 g/mol. The van der Waals surface area contributed by atoms with Crippen LogP contribution in [0.25, 0.3) is 0 Å². The van der Waals surface area contributed by atoms with Gasteiger partial charge in [0.05, 0.1) is 31.9 Å². The highest BCUT2D eigenvalue weighted by Gasteiger charge is 2.43. The number of rotatable bonds is 4. The minimum Gasteiger partial charge on any atom is -0.381 e. The molecule has 0 aliphatic carbocycles. The van der Waals surface area contributed by atoms with Crippen LogP contribution in [0.4, 0.5) is 0 Å². The van der Waals surface area contributed by atoms with Crippen molar-refractivity contribution in [3.05, 3.63) is 47.3 Å². The highest BCUT2D eigenvalue weighted by Crippen LogP contribution is 2.33. The van der Waals surface area contributed by atoms with Crippen molar-refractivity contribution in [2.45, 2.75) is 51.0 Å². The van der Waals surface area contributed by atoms with Crippen LogP contribution in [0, 0.1) is 5.92 Å². The summed E-state index contributed by atoms with van der Waals surface area (Å²) in [6.07, 6.45) is 3.41. The first-order valence-corrected chi connectivity index (χ1v) is 11.4. The fraction of sp³-hybridized carbons (Fsp3) is 0.565. The third-order valence-electron chi connectivity index (χ3n) is 6.75. The molecule has 1 aromatic carbocycles. The van der Waals surface area contributed by atoms with Crippen molar-refractivity contribution in [3.63, 3.8) is 0 Å². The van der Waals surface area contributed by atoms with Gasteiger partial charge in [-0.25, -0.2) is 4.68 Å². The summed E-state index contributed by atoms with van der Waals surface area (Å²) in [5, 5.41) is 11.5. The van der Waals surface area contributed by atoms with Crippen molar-refractivity contribution in [2.75, 3.05) is 26.3 Å². The number of carbonyl (C=O) groups is 2. The van der Waals surface area contributed by atoms with Crippen LogP contribution in [0.1, 0.15) is 47.4 Å². The van der Waals surface area contributed by atoms with E-state index in [1.807, 2.05) is 27.8 Å². The summed E-state index contributed by atoms with van der Waals surface area (Å²) in [5.41, 5.74) is 1.79. The number of carbonyl (C=O) groups excluding carboxylic acids is 2. The summed E-state index contributed by atoms with van der Waals surface area (Å²) >= 11 is 0. The Balaban J connectivity index is 1.22. The molecule has 0 radical (unpaired) electrons. The number of ether oxygens (including phenoxy) is 2. The molecular formula is C23H29N5O4. The van der Waals surface area contributed by atoms with Gasteiger partial charge >= 0.3 is 0 Å². The first-order valence-electron chi connectivity index (χ1n) is 11.4. The molecule has 170 valence electrons. The van der Waals surface area contributed by atoms with Gasteiger partial charge in [-0.05, 0) is 37.8 Å². The molecule has 9 nitrogen and oxygen atoms in total. The van der Waals surface area contributed by atoms with Gasteiger partial charge in [-0.15, -0.1) is 5.10 Å². The van der Waals surface area contributed by atoms with Crippen LogP contribution >= 0.6 is 0 Å². The third-order valence-corrected chi connectivity index (χ3v) is 6.75. The lowest BCUT2D eigenvalue weighted by molar-refractivity contribution is -0.158. The van der Waals surface area contributed by atoms with Crippen molar-refractivity contribution in [1.29, 1.82) is 0 Å². The molecule has 4 heterocycles. The van der Waals surface area contributed by atoms with E-state index >= 15 is 0 Å². The van der Waals surface area contributed by atoms with Crippen molar-refractivity contribution in [3.8, 4) is 0 Å². The molecule has 1 spiro atoms. The second-order valence-electron chi connectivity index (χ2n) is 8.91. The van der Waals surface area contributed by atoms with E-state index in [0.717, 1.165) is 43.6 Å². The van der Waals surface area contributed by atoms with Gasteiger partial charge in [0.25, 0.3) is 5.91 Å². The normalized spacial score (nSPS) is 23.7. The molecule has 2 aromatic rings. The summed E-state index contributed by atoms with van der Waals surface area (Å²) in [6, 6.07) is 9.10. The monoisotopic (exact) mass is 439 g/mol. The molecule has 1 aromatic heterocycles. The SMILES string of the molecule is O=C(NCc1nnn2c1COC1(CCCN(C(=O)C3CCOCC3)C1)C2)c1ccccc1. The minimum atomic E-state index is -0.426. The van der Waals surface area contributed by atoms with Gasteiger partial charge in [-0.1, -0.05) is 23.4 Å². The number of likely N-dealkylation sites (tertiary alicyclic amines) is 1. The average Bonchev–Trinajstić information content (AvgIpc) is 3.24. The number of hydrogen-bond donors (Lipinski definition) is 1. The van der Waals surface area contributed by atoms with Crippen molar-refractivity contribution in [2.24, 2.45) is 5.92 Å². The molecule has 1 atom stereocenters. The molecule has 2 fully saturated rings. The lowest BCUT2D eigenvalue weighted by Gasteiger charge is -2.45. The summed E-state index contributed by atoms with van der Waals surface area (Å²) in [4.78, 5) is 27.3. The Morgan fingerprint density at radius 2 is 1.97 bits per heavy atom. The van der Waals surface area contributed by atoms with E-state index in [-0.39, 0.29) is 17.7 Å². The molecule has 1 unspecified atom stereocenters. The van der Waals surface area contributed by atoms with Gasteiger partial charge in [0.1, 0.15) is 11.3 Å². The molecule has 0 saturated carbocycles. The fourth-order valence-corrected chi connectivity index (χ4v) is 4.92. The van der Waals surface area contributed by atoms with Crippen molar-refractivity contribution in [1.82, 2.24) is 25.2 Å². The smallest absolute Gasteiger partial charge is 0.251 e. The number of nitrogens with zero attached hydrogens (tertiary/aromatic N) is 4. The number of nitrogens with one attached hydrogen (secondary N) is 1. The zero-order valence-electron chi connectivity index (χ0n) is 18.2. The maximum Gasteiger partial charge on any atom is 0.251 e. The molecule has 0 bridgehead atoms. The van der Waals surface area contributed by atoms with Crippen molar-refractivity contribution < 1.29 is 19.1 Å². The quantitative estimate of drug-likeness (QED) is 0.776. The van der Waals surface area contributed by atoms with E-state index in [9.17, 15) is 9.59 Å². The molecular weight excluding hydrogens is 410 g/mol. The Kier molecular flexibility index (Phi) is 5.93. The van der Waals surface area contributed by atoms with E-state index in [0.29, 0.717) is 45.0 Å². The van der Waals surface area contributed by atoms with E-state index in [1.165, 1.54) is 0 Å². The molecule has 3 aliphatic heterocycles. The van der Waals surface area contributed by atoms with Gasteiger partial charge in [0.2, 0.25) is 5.91 Å². The van der Waals surface area contributed by atoms with Gasteiger partial charge in [-0.2, -0.15) is 0 Å².